The highest BCUT2D eigenvalue weighted by Crippen LogP contribution is 2.20. The van der Waals surface area contributed by atoms with Crippen LogP contribution < -0.4 is 0 Å². The van der Waals surface area contributed by atoms with Gasteiger partial charge in [0.25, 0.3) is 0 Å². The molecule has 2 rings (SSSR count). The number of hydrogen-bond donors (Lipinski definition) is 0. The van der Waals surface area contributed by atoms with Crippen LogP contribution in [0.3, 0.4) is 0 Å². The zero-order valence-electron chi connectivity index (χ0n) is 14.1. The van der Waals surface area contributed by atoms with Crippen molar-refractivity contribution in [3.8, 4) is 6.07 Å². The summed E-state index contributed by atoms with van der Waals surface area (Å²) < 4.78 is 13.6. The first kappa shape index (κ1) is 17.9. The van der Waals surface area contributed by atoms with E-state index in [-0.39, 0.29) is 30.5 Å². The Kier molecular flexibility index (Phi) is 5.55. The molecular weight excluding hydrogens is 309 g/mol. The molecular formula is C18H22FN3O2. The van der Waals surface area contributed by atoms with E-state index in [2.05, 4.69) is 6.07 Å². The minimum atomic E-state index is -0.686. The molecule has 6 heteroatoms. The van der Waals surface area contributed by atoms with Crippen molar-refractivity contribution in [2.45, 2.75) is 26.7 Å². The highest BCUT2D eigenvalue weighted by molar-refractivity contribution is 5.80. The number of benzene rings is 1. The predicted molar refractivity (Wildman–Crippen MR) is 87.3 cm³/mol. The Labute approximate surface area is 141 Å². The Morgan fingerprint density at radius 3 is 2.21 bits per heavy atom. The number of halogens is 1. The number of amides is 2. The highest BCUT2D eigenvalue weighted by atomic mass is 19.1. The van der Waals surface area contributed by atoms with Gasteiger partial charge in [-0.05, 0) is 25.5 Å². The van der Waals surface area contributed by atoms with Crippen molar-refractivity contribution in [1.82, 2.24) is 9.80 Å². The normalized spacial score (nSPS) is 15.1. The van der Waals surface area contributed by atoms with Gasteiger partial charge in [-0.25, -0.2) is 4.39 Å². The van der Waals surface area contributed by atoms with Crippen LogP contribution in [-0.4, -0.2) is 47.8 Å². The zero-order chi connectivity index (χ0) is 17.7. The average molecular weight is 331 g/mol. The summed E-state index contributed by atoms with van der Waals surface area (Å²) in [6.45, 7) is 5.24. The summed E-state index contributed by atoms with van der Waals surface area (Å²) in [4.78, 5) is 27.8. The maximum atomic E-state index is 13.6. The van der Waals surface area contributed by atoms with E-state index >= 15 is 0 Å². The Morgan fingerprint density at radius 2 is 1.67 bits per heavy atom. The summed E-state index contributed by atoms with van der Waals surface area (Å²) in [6.07, 6.45) is 0.203. The van der Waals surface area contributed by atoms with Crippen LogP contribution >= 0.6 is 0 Å². The monoisotopic (exact) mass is 331 g/mol. The van der Waals surface area contributed by atoms with Crippen LogP contribution in [0.4, 0.5) is 4.39 Å². The second kappa shape index (κ2) is 7.43. The molecule has 0 atom stereocenters. The summed E-state index contributed by atoms with van der Waals surface area (Å²) >= 11 is 0. The maximum absolute atomic E-state index is 13.6. The second-order valence-corrected chi connectivity index (χ2v) is 6.70. The van der Waals surface area contributed by atoms with Gasteiger partial charge in [0.2, 0.25) is 11.8 Å². The van der Waals surface area contributed by atoms with Crippen LogP contribution in [0.2, 0.25) is 0 Å². The number of carbonyl (C=O) groups is 2. The molecule has 1 aliphatic rings. The molecule has 1 aromatic carbocycles. The first-order chi connectivity index (χ1) is 11.3. The molecule has 1 saturated heterocycles. The largest absolute Gasteiger partial charge is 0.339 e. The second-order valence-electron chi connectivity index (χ2n) is 6.70. The molecule has 0 radical (unpaired) electrons. The van der Waals surface area contributed by atoms with Crippen molar-refractivity contribution in [2.24, 2.45) is 5.41 Å². The quantitative estimate of drug-likeness (QED) is 0.847. The molecule has 0 aliphatic carbocycles. The Bertz CT molecular complexity index is 658. The molecule has 24 heavy (non-hydrogen) atoms. The summed E-state index contributed by atoms with van der Waals surface area (Å²) in [7, 11) is 0. The average Bonchev–Trinajstić information content (AvgIpc) is 2.56. The van der Waals surface area contributed by atoms with Crippen LogP contribution in [0, 0.1) is 22.6 Å². The van der Waals surface area contributed by atoms with Crippen LogP contribution in [0.1, 0.15) is 25.8 Å². The Hall–Kier alpha value is -2.42. The first-order valence-electron chi connectivity index (χ1n) is 8.02. The first-order valence-corrected chi connectivity index (χ1v) is 8.02. The van der Waals surface area contributed by atoms with Gasteiger partial charge < -0.3 is 9.80 Å². The van der Waals surface area contributed by atoms with Gasteiger partial charge >= 0.3 is 0 Å². The summed E-state index contributed by atoms with van der Waals surface area (Å²) in [5.41, 5.74) is -0.300. The number of hydrogen-bond acceptors (Lipinski definition) is 3. The Balaban J connectivity index is 1.86. The van der Waals surface area contributed by atoms with Gasteiger partial charge in [-0.3, -0.25) is 9.59 Å². The van der Waals surface area contributed by atoms with Crippen LogP contribution in [0.15, 0.2) is 24.3 Å². The molecule has 0 unspecified atom stereocenters. The van der Waals surface area contributed by atoms with E-state index in [0.717, 1.165) is 0 Å². The number of nitrogens with zero attached hydrogens (tertiary/aromatic N) is 3. The lowest BCUT2D eigenvalue weighted by atomic mass is 9.90. The van der Waals surface area contributed by atoms with Crippen molar-refractivity contribution in [3.05, 3.63) is 35.6 Å². The maximum Gasteiger partial charge on any atom is 0.227 e. The number of piperazine rings is 1. The van der Waals surface area contributed by atoms with Crippen molar-refractivity contribution in [1.29, 1.82) is 5.26 Å². The molecule has 0 saturated carbocycles. The molecule has 0 spiro atoms. The number of carbonyl (C=O) groups excluding carboxylic acids is 2. The molecule has 5 nitrogen and oxygen atoms in total. The molecule has 1 aliphatic heterocycles. The van der Waals surface area contributed by atoms with E-state index in [4.69, 9.17) is 5.26 Å². The fourth-order valence-corrected chi connectivity index (χ4v) is 2.65. The third kappa shape index (κ3) is 4.54. The molecule has 1 aromatic rings. The van der Waals surface area contributed by atoms with Gasteiger partial charge in [-0.15, -0.1) is 0 Å². The summed E-state index contributed by atoms with van der Waals surface area (Å²) in [5.74, 6) is -0.578. The molecule has 1 heterocycles. The fourth-order valence-electron chi connectivity index (χ4n) is 2.65. The third-order valence-corrected chi connectivity index (χ3v) is 4.18. The van der Waals surface area contributed by atoms with E-state index < -0.39 is 5.41 Å². The van der Waals surface area contributed by atoms with Crippen molar-refractivity contribution in [2.75, 3.05) is 26.2 Å². The lowest BCUT2D eigenvalue weighted by Gasteiger charge is -2.35. The summed E-state index contributed by atoms with van der Waals surface area (Å²) in [6, 6.07) is 8.38. The van der Waals surface area contributed by atoms with Gasteiger partial charge in [0.05, 0.1) is 17.9 Å². The Morgan fingerprint density at radius 1 is 1.12 bits per heavy atom. The highest BCUT2D eigenvalue weighted by Gasteiger charge is 2.28. The molecule has 1 fully saturated rings. The minimum Gasteiger partial charge on any atom is -0.339 e. The topological polar surface area (TPSA) is 64.4 Å². The van der Waals surface area contributed by atoms with E-state index in [1.165, 1.54) is 6.07 Å². The molecule has 128 valence electrons. The van der Waals surface area contributed by atoms with Gasteiger partial charge in [0.15, 0.2) is 0 Å². The smallest absolute Gasteiger partial charge is 0.227 e. The van der Waals surface area contributed by atoms with E-state index in [9.17, 15) is 14.0 Å². The van der Waals surface area contributed by atoms with E-state index in [1.54, 1.807) is 41.8 Å². The van der Waals surface area contributed by atoms with Crippen molar-refractivity contribution < 1.29 is 14.0 Å². The van der Waals surface area contributed by atoms with Gasteiger partial charge in [0.1, 0.15) is 5.82 Å². The minimum absolute atomic E-state index is 0.0298. The number of rotatable bonds is 4. The SMILES string of the molecule is CC(C)(C#N)CC(=O)N1CCN(C(=O)Cc2ccccc2F)CC1. The van der Waals surface area contributed by atoms with Gasteiger partial charge in [-0.1, -0.05) is 18.2 Å². The molecule has 2 amide bonds. The van der Waals surface area contributed by atoms with Crippen LogP contribution in [0.5, 0.6) is 0 Å². The van der Waals surface area contributed by atoms with Gasteiger partial charge in [0, 0.05) is 32.6 Å². The standard InChI is InChI=1S/C18H22FN3O2/c1-18(2,13-20)12-17(24)22-9-7-21(8-10-22)16(23)11-14-5-3-4-6-15(14)19/h3-6H,7-12H2,1-2H3. The molecule has 0 N–H and O–H groups in total. The number of nitriles is 1. The molecule has 0 aromatic heterocycles. The summed E-state index contributed by atoms with van der Waals surface area (Å²) in [5, 5.41) is 9.01. The zero-order valence-corrected chi connectivity index (χ0v) is 14.1. The van der Waals surface area contributed by atoms with Crippen molar-refractivity contribution >= 4 is 11.8 Å². The predicted octanol–water partition coefficient (Wildman–Crippen LogP) is 1.98. The lowest BCUT2D eigenvalue weighted by Crippen LogP contribution is -2.51. The van der Waals surface area contributed by atoms with E-state index in [0.29, 0.717) is 31.7 Å². The van der Waals surface area contributed by atoms with Crippen molar-refractivity contribution in [3.63, 3.8) is 0 Å². The van der Waals surface area contributed by atoms with Crippen LogP contribution in [0.25, 0.3) is 0 Å². The third-order valence-electron chi connectivity index (χ3n) is 4.18. The van der Waals surface area contributed by atoms with Crippen LogP contribution in [-0.2, 0) is 16.0 Å². The lowest BCUT2D eigenvalue weighted by molar-refractivity contribution is -0.140. The van der Waals surface area contributed by atoms with E-state index in [1.807, 2.05) is 0 Å². The molecule has 0 bridgehead atoms. The van der Waals surface area contributed by atoms with Gasteiger partial charge in [-0.2, -0.15) is 5.26 Å². The fraction of sp³-hybridized carbons (Fsp3) is 0.500.